The summed E-state index contributed by atoms with van der Waals surface area (Å²) in [5.41, 5.74) is 1.15. The third-order valence-electron chi connectivity index (χ3n) is 2.14. The minimum Gasteiger partial charge on any atom is -0.476 e. The van der Waals surface area contributed by atoms with Crippen LogP contribution in [-0.2, 0) is 10.0 Å². The van der Waals surface area contributed by atoms with Crippen molar-refractivity contribution in [3.63, 3.8) is 0 Å². The zero-order valence-electron chi connectivity index (χ0n) is 10.3. The molecule has 0 amide bonds. The minimum absolute atomic E-state index is 0.243. The highest BCUT2D eigenvalue weighted by Crippen LogP contribution is 2.15. The Labute approximate surface area is 102 Å². The molecule has 6 heteroatoms. The van der Waals surface area contributed by atoms with Crippen LogP contribution in [0.5, 0.6) is 5.88 Å². The molecule has 0 saturated carbocycles. The molecule has 1 heterocycles. The molecule has 0 aliphatic rings. The summed E-state index contributed by atoms with van der Waals surface area (Å²) in [5.74, 6) is 0.938. The van der Waals surface area contributed by atoms with E-state index in [1.165, 1.54) is 0 Å². The number of sulfonamides is 1. The van der Waals surface area contributed by atoms with Crippen molar-refractivity contribution in [3.8, 4) is 5.88 Å². The zero-order chi connectivity index (χ0) is 12.9. The minimum atomic E-state index is -3.15. The molecule has 5 nitrogen and oxygen atoms in total. The Morgan fingerprint density at radius 1 is 1.41 bits per heavy atom. The van der Waals surface area contributed by atoms with Gasteiger partial charge in [0.1, 0.15) is 6.61 Å². The van der Waals surface area contributed by atoms with Gasteiger partial charge in [-0.25, -0.2) is 18.1 Å². The molecule has 1 N–H and O–H groups in total. The van der Waals surface area contributed by atoms with Crippen LogP contribution in [0, 0.1) is 0 Å². The smallest absolute Gasteiger partial charge is 0.213 e. The van der Waals surface area contributed by atoms with Crippen molar-refractivity contribution in [3.05, 3.63) is 23.9 Å². The van der Waals surface area contributed by atoms with E-state index >= 15 is 0 Å². The van der Waals surface area contributed by atoms with Crippen molar-refractivity contribution < 1.29 is 13.2 Å². The first kappa shape index (κ1) is 13.9. The van der Waals surface area contributed by atoms with E-state index in [1.807, 2.05) is 6.07 Å². The van der Waals surface area contributed by atoms with Crippen molar-refractivity contribution in [1.82, 2.24) is 9.71 Å². The second kappa shape index (κ2) is 5.97. The second-order valence-corrected chi connectivity index (χ2v) is 5.93. The van der Waals surface area contributed by atoms with E-state index in [1.54, 1.807) is 12.3 Å². The summed E-state index contributed by atoms with van der Waals surface area (Å²) in [5, 5.41) is 0. The van der Waals surface area contributed by atoms with Crippen molar-refractivity contribution in [1.29, 1.82) is 0 Å². The molecule has 0 aliphatic heterocycles. The first-order valence-electron chi connectivity index (χ1n) is 5.42. The van der Waals surface area contributed by atoms with E-state index in [0.717, 1.165) is 11.8 Å². The Hall–Kier alpha value is -1.14. The van der Waals surface area contributed by atoms with Crippen LogP contribution >= 0.6 is 0 Å². The van der Waals surface area contributed by atoms with Gasteiger partial charge in [0, 0.05) is 18.8 Å². The maximum atomic E-state index is 10.8. The van der Waals surface area contributed by atoms with Crippen LogP contribution in [0.25, 0.3) is 0 Å². The first-order chi connectivity index (χ1) is 7.88. The highest BCUT2D eigenvalue weighted by molar-refractivity contribution is 7.88. The molecule has 0 spiro atoms. The third-order valence-corrected chi connectivity index (χ3v) is 2.87. The lowest BCUT2D eigenvalue weighted by Gasteiger charge is -2.08. The zero-order valence-corrected chi connectivity index (χ0v) is 11.1. The fraction of sp³-hybridized carbons (Fsp3) is 0.545. The van der Waals surface area contributed by atoms with Crippen LogP contribution in [0.1, 0.15) is 25.3 Å². The molecular formula is C11H18N2O3S. The van der Waals surface area contributed by atoms with E-state index in [4.69, 9.17) is 4.74 Å². The van der Waals surface area contributed by atoms with Crippen LogP contribution in [0.3, 0.4) is 0 Å². The maximum absolute atomic E-state index is 10.8. The van der Waals surface area contributed by atoms with E-state index in [9.17, 15) is 8.42 Å². The number of hydrogen-bond acceptors (Lipinski definition) is 4. The Bertz CT molecular complexity index is 440. The van der Waals surface area contributed by atoms with Gasteiger partial charge in [-0.3, -0.25) is 0 Å². The third kappa shape index (κ3) is 5.65. The fourth-order valence-corrected chi connectivity index (χ4v) is 1.66. The number of nitrogens with zero attached hydrogens (tertiary/aromatic N) is 1. The molecule has 0 bridgehead atoms. The highest BCUT2D eigenvalue weighted by atomic mass is 32.2. The Balaban J connectivity index is 2.37. The predicted octanol–water partition coefficient (Wildman–Crippen LogP) is 1.13. The molecular weight excluding hydrogens is 240 g/mol. The molecule has 0 radical (unpaired) electrons. The summed E-state index contributed by atoms with van der Waals surface area (Å²) in [6, 6.07) is 3.74. The highest BCUT2D eigenvalue weighted by Gasteiger charge is 2.02. The molecule has 1 aromatic rings. The topological polar surface area (TPSA) is 68.3 Å². The van der Waals surface area contributed by atoms with E-state index in [0.29, 0.717) is 11.8 Å². The maximum Gasteiger partial charge on any atom is 0.213 e. The van der Waals surface area contributed by atoms with Gasteiger partial charge in [-0.2, -0.15) is 0 Å². The molecule has 0 fully saturated rings. The van der Waals surface area contributed by atoms with E-state index in [-0.39, 0.29) is 13.2 Å². The predicted molar refractivity (Wildman–Crippen MR) is 66.7 cm³/mol. The summed E-state index contributed by atoms with van der Waals surface area (Å²) in [6.07, 6.45) is 2.88. The van der Waals surface area contributed by atoms with Crippen molar-refractivity contribution in [2.45, 2.75) is 19.8 Å². The summed E-state index contributed by atoms with van der Waals surface area (Å²) >= 11 is 0. The lowest BCUT2D eigenvalue weighted by Crippen LogP contribution is -2.27. The number of nitrogens with one attached hydrogen (secondary N) is 1. The number of aromatic nitrogens is 1. The quantitative estimate of drug-likeness (QED) is 0.777. The van der Waals surface area contributed by atoms with Crippen LogP contribution in [-0.4, -0.2) is 32.8 Å². The largest absolute Gasteiger partial charge is 0.476 e. The van der Waals surface area contributed by atoms with Gasteiger partial charge < -0.3 is 4.74 Å². The molecule has 1 aromatic heterocycles. The summed E-state index contributed by atoms with van der Waals surface area (Å²) in [6.45, 7) is 4.69. The van der Waals surface area contributed by atoms with Crippen molar-refractivity contribution >= 4 is 10.0 Å². The van der Waals surface area contributed by atoms with Crippen molar-refractivity contribution in [2.24, 2.45) is 0 Å². The molecule has 0 atom stereocenters. The summed E-state index contributed by atoms with van der Waals surface area (Å²) < 4.78 is 29.2. The number of ether oxygens (including phenoxy) is 1. The molecule has 0 aliphatic carbocycles. The van der Waals surface area contributed by atoms with Gasteiger partial charge in [0.2, 0.25) is 15.9 Å². The standard InChI is InChI=1S/C11H18N2O3S/c1-9(2)10-4-5-11(12-8-10)16-7-6-13-17(3,14)15/h4-5,8-9,13H,6-7H2,1-3H3. The number of pyridine rings is 1. The van der Waals surface area contributed by atoms with Gasteiger partial charge in [-0.05, 0) is 11.5 Å². The van der Waals surface area contributed by atoms with E-state index < -0.39 is 10.0 Å². The van der Waals surface area contributed by atoms with Crippen LogP contribution in [0.4, 0.5) is 0 Å². The lowest BCUT2D eigenvalue weighted by atomic mass is 10.1. The molecule has 17 heavy (non-hydrogen) atoms. The molecule has 1 rings (SSSR count). The van der Waals surface area contributed by atoms with Gasteiger partial charge in [-0.15, -0.1) is 0 Å². The van der Waals surface area contributed by atoms with Crippen molar-refractivity contribution in [2.75, 3.05) is 19.4 Å². The average molecular weight is 258 g/mol. The fourth-order valence-electron chi connectivity index (χ4n) is 1.20. The summed E-state index contributed by atoms with van der Waals surface area (Å²) in [4.78, 5) is 4.13. The monoisotopic (exact) mass is 258 g/mol. The number of hydrogen-bond donors (Lipinski definition) is 1. The second-order valence-electron chi connectivity index (χ2n) is 4.10. The molecule has 0 saturated heterocycles. The normalized spacial score (nSPS) is 11.8. The van der Waals surface area contributed by atoms with Crippen LogP contribution < -0.4 is 9.46 Å². The SMILES string of the molecule is CC(C)c1ccc(OCCNS(C)(=O)=O)nc1. The Morgan fingerprint density at radius 3 is 2.59 bits per heavy atom. The van der Waals surface area contributed by atoms with Gasteiger partial charge in [0.05, 0.1) is 6.26 Å². The average Bonchev–Trinajstić information content (AvgIpc) is 2.24. The van der Waals surface area contributed by atoms with Crippen LogP contribution in [0.15, 0.2) is 18.3 Å². The summed E-state index contributed by atoms with van der Waals surface area (Å²) in [7, 11) is -3.15. The molecule has 0 aromatic carbocycles. The van der Waals surface area contributed by atoms with Gasteiger partial charge in [0.15, 0.2) is 0 Å². The number of rotatable bonds is 6. The first-order valence-corrected chi connectivity index (χ1v) is 7.31. The van der Waals surface area contributed by atoms with Crippen LogP contribution in [0.2, 0.25) is 0 Å². The molecule has 96 valence electrons. The Morgan fingerprint density at radius 2 is 2.12 bits per heavy atom. The molecule has 0 unspecified atom stereocenters. The van der Waals surface area contributed by atoms with Gasteiger partial charge in [0.25, 0.3) is 0 Å². The van der Waals surface area contributed by atoms with Gasteiger partial charge >= 0.3 is 0 Å². The lowest BCUT2D eigenvalue weighted by molar-refractivity contribution is 0.310. The van der Waals surface area contributed by atoms with E-state index in [2.05, 4.69) is 23.6 Å². The Kier molecular flexibility index (Phi) is 4.89. The van der Waals surface area contributed by atoms with Gasteiger partial charge in [-0.1, -0.05) is 19.9 Å².